The van der Waals surface area contributed by atoms with Crippen molar-refractivity contribution in [3.05, 3.63) is 71.0 Å². The lowest BCUT2D eigenvalue weighted by molar-refractivity contribution is 0.568. The summed E-state index contributed by atoms with van der Waals surface area (Å²) in [4.78, 5) is 9.03. The predicted octanol–water partition coefficient (Wildman–Crippen LogP) is 4.13. The minimum atomic E-state index is 0.159. The van der Waals surface area contributed by atoms with E-state index in [1.165, 1.54) is 0 Å². The first-order chi connectivity index (χ1) is 10.2. The Hall–Kier alpha value is -1.97. The van der Waals surface area contributed by atoms with Gasteiger partial charge in [-0.2, -0.15) is 0 Å². The van der Waals surface area contributed by atoms with Crippen LogP contribution >= 0.6 is 11.6 Å². The van der Waals surface area contributed by atoms with E-state index in [4.69, 9.17) is 11.6 Å². The van der Waals surface area contributed by atoms with Crippen molar-refractivity contribution in [2.24, 2.45) is 0 Å². The van der Waals surface area contributed by atoms with Gasteiger partial charge in [-0.3, -0.25) is 4.98 Å². The van der Waals surface area contributed by atoms with E-state index in [1.54, 1.807) is 0 Å². The second kappa shape index (κ2) is 6.20. The summed E-state index contributed by atoms with van der Waals surface area (Å²) in [6.07, 6.45) is 1.81. The fourth-order valence-electron chi connectivity index (χ4n) is 2.27. The number of nitrogens with zero attached hydrogens (tertiary/aromatic N) is 2. The third-order valence-electron chi connectivity index (χ3n) is 3.46. The van der Waals surface area contributed by atoms with Gasteiger partial charge in [0, 0.05) is 17.6 Å². The van der Waals surface area contributed by atoms with Crippen LogP contribution < -0.4 is 5.32 Å². The molecule has 0 aliphatic rings. The van der Waals surface area contributed by atoms with Crippen molar-refractivity contribution in [3.8, 4) is 0 Å². The maximum absolute atomic E-state index is 6.21. The van der Waals surface area contributed by atoms with Crippen LogP contribution in [-0.2, 0) is 6.54 Å². The van der Waals surface area contributed by atoms with Gasteiger partial charge in [0.1, 0.15) is 0 Å². The summed E-state index contributed by atoms with van der Waals surface area (Å²) in [5.41, 5.74) is 3.85. The largest absolute Gasteiger partial charge is 0.304 e. The zero-order valence-corrected chi connectivity index (χ0v) is 12.5. The standard InChI is InChI=1S/C17H16ClN3/c1-12(14-6-2-3-7-15(14)18)19-10-13-11-20-16-8-4-5-9-17(16)21-13/h2-9,11-12,19H,10H2,1H3/t12-/m0/s1. The van der Waals surface area contributed by atoms with Crippen molar-refractivity contribution in [3.63, 3.8) is 0 Å². The molecule has 3 rings (SSSR count). The first-order valence-corrected chi connectivity index (χ1v) is 7.30. The highest BCUT2D eigenvalue weighted by molar-refractivity contribution is 6.31. The first-order valence-electron chi connectivity index (χ1n) is 6.92. The quantitative estimate of drug-likeness (QED) is 0.786. The van der Waals surface area contributed by atoms with Crippen molar-refractivity contribution >= 4 is 22.6 Å². The minimum absolute atomic E-state index is 0.159. The van der Waals surface area contributed by atoms with Crippen LogP contribution in [0.2, 0.25) is 5.02 Å². The molecule has 1 atom stereocenters. The lowest BCUT2D eigenvalue weighted by Crippen LogP contribution is -2.19. The highest BCUT2D eigenvalue weighted by Gasteiger charge is 2.09. The topological polar surface area (TPSA) is 37.8 Å². The van der Waals surface area contributed by atoms with Gasteiger partial charge in [0.15, 0.2) is 0 Å². The number of benzene rings is 2. The van der Waals surface area contributed by atoms with Crippen LogP contribution in [-0.4, -0.2) is 9.97 Å². The fraction of sp³-hybridized carbons (Fsp3) is 0.176. The van der Waals surface area contributed by atoms with Gasteiger partial charge in [0.25, 0.3) is 0 Å². The molecule has 1 aromatic heterocycles. The van der Waals surface area contributed by atoms with Crippen molar-refractivity contribution in [2.75, 3.05) is 0 Å². The third-order valence-corrected chi connectivity index (χ3v) is 3.80. The van der Waals surface area contributed by atoms with Gasteiger partial charge in [-0.25, -0.2) is 4.98 Å². The lowest BCUT2D eigenvalue weighted by Gasteiger charge is -2.15. The van der Waals surface area contributed by atoms with Gasteiger partial charge < -0.3 is 5.32 Å². The number of aromatic nitrogens is 2. The molecule has 0 bridgehead atoms. The molecule has 0 saturated carbocycles. The number of rotatable bonds is 4. The van der Waals surface area contributed by atoms with Crippen LogP contribution in [0, 0.1) is 0 Å². The average Bonchev–Trinajstić information content (AvgIpc) is 2.53. The number of para-hydroxylation sites is 2. The monoisotopic (exact) mass is 297 g/mol. The number of hydrogen-bond acceptors (Lipinski definition) is 3. The molecule has 3 aromatic rings. The van der Waals surface area contributed by atoms with Crippen molar-refractivity contribution in [1.82, 2.24) is 15.3 Å². The molecule has 0 amide bonds. The van der Waals surface area contributed by atoms with Gasteiger partial charge in [0.2, 0.25) is 0 Å². The maximum atomic E-state index is 6.21. The summed E-state index contributed by atoms with van der Waals surface area (Å²) in [7, 11) is 0. The molecule has 0 aliphatic heterocycles. The molecule has 3 nitrogen and oxygen atoms in total. The van der Waals surface area contributed by atoms with E-state index in [0.717, 1.165) is 27.3 Å². The van der Waals surface area contributed by atoms with E-state index in [2.05, 4.69) is 22.2 Å². The summed E-state index contributed by atoms with van der Waals surface area (Å²) >= 11 is 6.21. The molecule has 106 valence electrons. The lowest BCUT2D eigenvalue weighted by atomic mass is 10.1. The van der Waals surface area contributed by atoms with Crippen LogP contribution in [0.5, 0.6) is 0 Å². The van der Waals surface area contributed by atoms with E-state index < -0.39 is 0 Å². The summed E-state index contributed by atoms with van der Waals surface area (Å²) in [6.45, 7) is 2.75. The van der Waals surface area contributed by atoms with Crippen molar-refractivity contribution < 1.29 is 0 Å². The smallest absolute Gasteiger partial charge is 0.0890 e. The fourth-order valence-corrected chi connectivity index (χ4v) is 2.57. The Kier molecular flexibility index (Phi) is 4.13. The normalized spacial score (nSPS) is 12.5. The predicted molar refractivity (Wildman–Crippen MR) is 86.2 cm³/mol. The van der Waals surface area contributed by atoms with Crippen LogP contribution in [0.1, 0.15) is 24.2 Å². The second-order valence-electron chi connectivity index (χ2n) is 4.97. The number of halogens is 1. The van der Waals surface area contributed by atoms with Crippen LogP contribution in [0.15, 0.2) is 54.7 Å². The highest BCUT2D eigenvalue weighted by Crippen LogP contribution is 2.22. The first kappa shape index (κ1) is 14.0. The zero-order chi connectivity index (χ0) is 14.7. The second-order valence-corrected chi connectivity index (χ2v) is 5.38. The molecule has 0 aliphatic carbocycles. The van der Waals surface area contributed by atoms with E-state index in [-0.39, 0.29) is 6.04 Å². The molecular formula is C17H16ClN3. The number of hydrogen-bond donors (Lipinski definition) is 1. The number of nitrogens with one attached hydrogen (secondary N) is 1. The molecule has 2 aromatic carbocycles. The van der Waals surface area contributed by atoms with Crippen LogP contribution in [0.3, 0.4) is 0 Å². The highest BCUT2D eigenvalue weighted by atomic mass is 35.5. The van der Waals surface area contributed by atoms with E-state index in [1.807, 2.05) is 54.7 Å². The van der Waals surface area contributed by atoms with Crippen LogP contribution in [0.25, 0.3) is 11.0 Å². The van der Waals surface area contributed by atoms with Gasteiger partial charge in [-0.15, -0.1) is 0 Å². The van der Waals surface area contributed by atoms with Gasteiger partial charge in [-0.05, 0) is 30.7 Å². The number of fused-ring (bicyclic) bond motifs is 1. The van der Waals surface area contributed by atoms with Gasteiger partial charge in [-0.1, -0.05) is 41.9 Å². The molecule has 0 unspecified atom stereocenters. The molecular weight excluding hydrogens is 282 g/mol. The van der Waals surface area contributed by atoms with E-state index in [0.29, 0.717) is 6.54 Å². The Morgan fingerprint density at radius 1 is 1.05 bits per heavy atom. The Bertz CT molecular complexity index is 758. The molecule has 1 heterocycles. The van der Waals surface area contributed by atoms with Gasteiger partial charge in [0.05, 0.1) is 22.9 Å². The van der Waals surface area contributed by atoms with E-state index in [9.17, 15) is 0 Å². The minimum Gasteiger partial charge on any atom is -0.304 e. The Morgan fingerprint density at radius 2 is 1.76 bits per heavy atom. The summed E-state index contributed by atoms with van der Waals surface area (Å²) in [5.74, 6) is 0. The molecule has 4 heteroatoms. The Labute approximate surface area is 129 Å². The molecule has 0 fully saturated rings. The average molecular weight is 298 g/mol. The maximum Gasteiger partial charge on any atom is 0.0890 e. The molecule has 21 heavy (non-hydrogen) atoms. The Balaban J connectivity index is 1.73. The molecule has 0 saturated heterocycles. The zero-order valence-electron chi connectivity index (χ0n) is 11.8. The SMILES string of the molecule is C[C@H](NCc1cnc2ccccc2n1)c1ccccc1Cl. The third kappa shape index (κ3) is 3.20. The van der Waals surface area contributed by atoms with Crippen LogP contribution in [0.4, 0.5) is 0 Å². The summed E-state index contributed by atoms with van der Waals surface area (Å²) < 4.78 is 0. The molecule has 0 radical (unpaired) electrons. The summed E-state index contributed by atoms with van der Waals surface area (Å²) in [6, 6.07) is 15.9. The summed E-state index contributed by atoms with van der Waals surface area (Å²) in [5, 5.41) is 4.21. The molecule has 1 N–H and O–H groups in total. The molecule has 0 spiro atoms. The van der Waals surface area contributed by atoms with E-state index >= 15 is 0 Å². The van der Waals surface area contributed by atoms with Crippen molar-refractivity contribution in [2.45, 2.75) is 19.5 Å². The van der Waals surface area contributed by atoms with Gasteiger partial charge >= 0.3 is 0 Å². The Morgan fingerprint density at radius 3 is 2.57 bits per heavy atom. The van der Waals surface area contributed by atoms with Crippen molar-refractivity contribution in [1.29, 1.82) is 0 Å².